The lowest BCUT2D eigenvalue weighted by Crippen LogP contribution is -2.34. The molecule has 2 unspecified atom stereocenters. The van der Waals surface area contributed by atoms with E-state index in [2.05, 4.69) is 23.8 Å². The molecule has 0 saturated heterocycles. The van der Waals surface area contributed by atoms with Gasteiger partial charge in [-0.1, -0.05) is 26.8 Å². The van der Waals surface area contributed by atoms with Gasteiger partial charge >= 0.3 is 0 Å². The predicted octanol–water partition coefficient (Wildman–Crippen LogP) is 2.14. The Bertz CT molecular complexity index is 424. The van der Waals surface area contributed by atoms with Crippen LogP contribution in [0.3, 0.4) is 0 Å². The number of carbonyl (C=O) groups excluding carboxylic acids is 2. The van der Waals surface area contributed by atoms with Crippen LogP contribution in [0.5, 0.6) is 0 Å². The average Bonchev–Trinajstić information content (AvgIpc) is 2.23. The Morgan fingerprint density at radius 1 is 1.38 bits per heavy atom. The van der Waals surface area contributed by atoms with Gasteiger partial charge in [0, 0.05) is 5.41 Å². The molecule has 0 heterocycles. The molecular formula is C12H14N2O2. The first-order valence-electron chi connectivity index (χ1n) is 5.10. The van der Waals surface area contributed by atoms with Gasteiger partial charge in [0.05, 0.1) is 11.7 Å². The van der Waals surface area contributed by atoms with Crippen LogP contribution in [0, 0.1) is 11.3 Å². The number of isocyanates is 2. The summed E-state index contributed by atoms with van der Waals surface area (Å²) in [6.45, 7) is 6.12. The van der Waals surface area contributed by atoms with Gasteiger partial charge in [-0.25, -0.2) is 9.59 Å². The van der Waals surface area contributed by atoms with E-state index in [1.807, 2.05) is 13.0 Å². The van der Waals surface area contributed by atoms with Crippen LogP contribution in [-0.2, 0) is 9.59 Å². The van der Waals surface area contributed by atoms with E-state index >= 15 is 0 Å². The largest absolute Gasteiger partial charge is 0.240 e. The molecule has 0 bridgehead atoms. The molecule has 0 amide bonds. The predicted molar refractivity (Wildman–Crippen MR) is 60.2 cm³/mol. The fourth-order valence-electron chi connectivity index (χ4n) is 1.65. The molecule has 0 aromatic carbocycles. The number of aliphatic imine (C=N–C) groups is 2. The molecule has 1 rings (SSSR count). The van der Waals surface area contributed by atoms with E-state index < -0.39 is 0 Å². The number of allylic oxidation sites excluding steroid dienone is 1. The Hall–Kier alpha value is -1.76. The molecule has 0 aromatic rings. The van der Waals surface area contributed by atoms with E-state index in [0.29, 0.717) is 11.6 Å². The normalized spacial score (nSPS) is 28.0. The third kappa shape index (κ3) is 2.25. The molecule has 1 aliphatic rings. The first kappa shape index (κ1) is 12.3. The van der Waals surface area contributed by atoms with Gasteiger partial charge in [0.15, 0.2) is 0 Å². The maximum absolute atomic E-state index is 10.4. The van der Waals surface area contributed by atoms with Crippen LogP contribution in [0.15, 0.2) is 33.9 Å². The number of rotatable bonds is 3. The lowest BCUT2D eigenvalue weighted by atomic mass is 9.71. The van der Waals surface area contributed by atoms with Crippen molar-refractivity contribution in [2.45, 2.75) is 26.8 Å². The van der Waals surface area contributed by atoms with Crippen LogP contribution in [0.4, 0.5) is 0 Å². The van der Waals surface area contributed by atoms with Gasteiger partial charge in [-0.3, -0.25) is 0 Å². The van der Waals surface area contributed by atoms with Crippen molar-refractivity contribution in [3.8, 4) is 0 Å². The van der Waals surface area contributed by atoms with Crippen molar-refractivity contribution in [1.82, 2.24) is 0 Å². The number of hydrogen-bond donors (Lipinski definition) is 0. The summed E-state index contributed by atoms with van der Waals surface area (Å²) >= 11 is 0. The molecule has 0 saturated carbocycles. The van der Waals surface area contributed by atoms with Crippen molar-refractivity contribution in [2.24, 2.45) is 21.3 Å². The lowest BCUT2D eigenvalue weighted by Gasteiger charge is -2.36. The van der Waals surface area contributed by atoms with E-state index in [-0.39, 0.29) is 11.5 Å². The third-order valence-electron chi connectivity index (χ3n) is 3.19. The quantitative estimate of drug-likeness (QED) is 0.538. The van der Waals surface area contributed by atoms with Gasteiger partial charge in [-0.2, -0.15) is 9.98 Å². The molecule has 0 aromatic heterocycles. The molecule has 1 aliphatic carbocycles. The van der Waals surface area contributed by atoms with Crippen molar-refractivity contribution in [3.05, 3.63) is 23.9 Å². The van der Waals surface area contributed by atoms with Crippen LogP contribution < -0.4 is 0 Å². The van der Waals surface area contributed by atoms with Crippen molar-refractivity contribution >= 4 is 12.2 Å². The Balaban J connectivity index is 3.16. The molecule has 0 spiro atoms. The van der Waals surface area contributed by atoms with Gasteiger partial charge in [-0.15, -0.1) is 0 Å². The van der Waals surface area contributed by atoms with Crippen LogP contribution in [0.1, 0.15) is 20.8 Å². The fraction of sp³-hybridized carbons (Fsp3) is 0.500. The number of hydrogen-bond acceptors (Lipinski definition) is 4. The second kappa shape index (κ2) is 4.84. The van der Waals surface area contributed by atoms with Gasteiger partial charge in [-0.05, 0) is 18.1 Å². The molecule has 84 valence electrons. The Morgan fingerprint density at radius 3 is 2.56 bits per heavy atom. The van der Waals surface area contributed by atoms with Crippen LogP contribution in [0.2, 0.25) is 0 Å². The van der Waals surface area contributed by atoms with Crippen molar-refractivity contribution in [2.75, 3.05) is 0 Å². The molecule has 4 nitrogen and oxygen atoms in total. The van der Waals surface area contributed by atoms with E-state index in [1.54, 1.807) is 18.2 Å². The van der Waals surface area contributed by atoms with Crippen molar-refractivity contribution in [1.29, 1.82) is 0 Å². The topological polar surface area (TPSA) is 58.9 Å². The summed E-state index contributed by atoms with van der Waals surface area (Å²) in [5, 5.41) is 0. The summed E-state index contributed by atoms with van der Waals surface area (Å²) in [6, 6.07) is -0.331. The highest BCUT2D eigenvalue weighted by atomic mass is 16.1. The van der Waals surface area contributed by atoms with Gasteiger partial charge in [0.1, 0.15) is 0 Å². The monoisotopic (exact) mass is 218 g/mol. The standard InChI is InChI=1S/C12H14N2O2/c1-9(2)12(3)5-4-10(13-7-15)6-11(12)14-8-16/h4-6,9,11H,1-3H3. The van der Waals surface area contributed by atoms with Gasteiger partial charge in [0.25, 0.3) is 0 Å². The van der Waals surface area contributed by atoms with Crippen molar-refractivity contribution in [3.63, 3.8) is 0 Å². The summed E-state index contributed by atoms with van der Waals surface area (Å²) in [5.74, 6) is 0.309. The Morgan fingerprint density at radius 2 is 2.06 bits per heavy atom. The molecule has 4 heteroatoms. The molecule has 0 N–H and O–H groups in total. The van der Waals surface area contributed by atoms with Crippen molar-refractivity contribution < 1.29 is 9.59 Å². The van der Waals surface area contributed by atoms with Crippen LogP contribution >= 0.6 is 0 Å². The minimum absolute atomic E-state index is 0.251. The van der Waals surface area contributed by atoms with Crippen LogP contribution in [-0.4, -0.2) is 18.2 Å². The third-order valence-corrected chi connectivity index (χ3v) is 3.19. The SMILES string of the molecule is CC(C)C1(C)C=CC(N=C=O)=CC1N=C=O. The van der Waals surface area contributed by atoms with E-state index in [0.717, 1.165) is 0 Å². The lowest BCUT2D eigenvalue weighted by molar-refractivity contribution is 0.264. The summed E-state index contributed by atoms with van der Waals surface area (Å²) in [7, 11) is 0. The second-order valence-electron chi connectivity index (χ2n) is 4.31. The minimum Gasteiger partial charge on any atom is -0.211 e. The summed E-state index contributed by atoms with van der Waals surface area (Å²) in [4.78, 5) is 27.8. The number of nitrogens with zero attached hydrogens (tertiary/aromatic N) is 2. The molecule has 0 radical (unpaired) electrons. The molecule has 0 aliphatic heterocycles. The zero-order valence-electron chi connectivity index (χ0n) is 9.60. The molecular weight excluding hydrogens is 204 g/mol. The van der Waals surface area contributed by atoms with E-state index in [9.17, 15) is 9.59 Å². The smallest absolute Gasteiger partial charge is 0.211 e. The summed E-state index contributed by atoms with van der Waals surface area (Å²) in [5.41, 5.74) is 0.233. The summed E-state index contributed by atoms with van der Waals surface area (Å²) < 4.78 is 0. The molecule has 2 atom stereocenters. The molecule has 0 fully saturated rings. The minimum atomic E-state index is -0.331. The van der Waals surface area contributed by atoms with Gasteiger partial charge < -0.3 is 0 Å². The zero-order chi connectivity index (χ0) is 12.2. The van der Waals surface area contributed by atoms with E-state index in [1.165, 1.54) is 6.08 Å². The average molecular weight is 218 g/mol. The van der Waals surface area contributed by atoms with Gasteiger partial charge in [0.2, 0.25) is 12.2 Å². The zero-order valence-corrected chi connectivity index (χ0v) is 9.60. The van der Waals surface area contributed by atoms with Crippen LogP contribution in [0.25, 0.3) is 0 Å². The second-order valence-corrected chi connectivity index (χ2v) is 4.31. The molecule has 16 heavy (non-hydrogen) atoms. The summed E-state index contributed by atoms with van der Waals surface area (Å²) in [6.07, 6.45) is 8.41. The highest BCUT2D eigenvalue weighted by molar-refractivity contribution is 5.43. The Kier molecular flexibility index (Phi) is 3.73. The van der Waals surface area contributed by atoms with E-state index in [4.69, 9.17) is 0 Å². The maximum atomic E-state index is 10.4. The first-order valence-corrected chi connectivity index (χ1v) is 5.10. The maximum Gasteiger partial charge on any atom is 0.240 e. The fourth-order valence-corrected chi connectivity index (χ4v) is 1.65. The first-order chi connectivity index (χ1) is 7.54. The Labute approximate surface area is 94.5 Å². The highest BCUT2D eigenvalue weighted by Gasteiger charge is 2.36. The highest BCUT2D eigenvalue weighted by Crippen LogP contribution is 2.38.